The second-order valence-corrected chi connectivity index (χ2v) is 9.93. The van der Waals surface area contributed by atoms with Gasteiger partial charge in [-0.05, 0) is 67.4 Å². The molecule has 3 aromatic rings. The van der Waals surface area contributed by atoms with Crippen molar-refractivity contribution in [3.05, 3.63) is 82.7 Å². The molecule has 0 N–H and O–H groups in total. The molecule has 3 heterocycles. The largest absolute Gasteiger partial charge is 0.448 e. The van der Waals surface area contributed by atoms with E-state index in [9.17, 15) is 4.79 Å². The number of benzene rings is 2. The highest BCUT2D eigenvalue weighted by Crippen LogP contribution is 2.45. The van der Waals surface area contributed by atoms with E-state index < -0.39 is 0 Å². The van der Waals surface area contributed by atoms with Gasteiger partial charge in [-0.25, -0.2) is 4.79 Å². The quantitative estimate of drug-likeness (QED) is 0.489. The van der Waals surface area contributed by atoms with Crippen LogP contribution in [0.25, 0.3) is 16.7 Å². The summed E-state index contributed by atoms with van der Waals surface area (Å²) in [5.74, 6) is 0.0905. The molecule has 0 spiro atoms. The summed E-state index contributed by atoms with van der Waals surface area (Å²) in [4.78, 5) is 15.4. The van der Waals surface area contributed by atoms with Crippen molar-refractivity contribution < 1.29 is 9.53 Å². The van der Waals surface area contributed by atoms with Crippen LogP contribution in [0.1, 0.15) is 59.7 Å². The number of hydrogen-bond donors (Lipinski definition) is 0. The molecule has 174 valence electrons. The zero-order valence-corrected chi connectivity index (χ0v) is 20.1. The minimum absolute atomic E-state index is 0.0905. The molecular formula is C29H31N3O2. The summed E-state index contributed by atoms with van der Waals surface area (Å²) in [5, 5.41) is 4.61. The highest BCUT2D eigenvalue weighted by atomic mass is 16.6. The molecule has 6 rings (SSSR count). The van der Waals surface area contributed by atoms with Gasteiger partial charge in [-0.15, -0.1) is 0 Å². The number of aryl methyl sites for hydroxylation is 2. The van der Waals surface area contributed by atoms with Gasteiger partial charge in [0.15, 0.2) is 0 Å². The first-order valence-corrected chi connectivity index (χ1v) is 12.4. The Labute approximate surface area is 201 Å². The average molecular weight is 454 g/mol. The smallest absolute Gasteiger partial charge is 0.410 e. The van der Waals surface area contributed by atoms with Crippen LogP contribution in [0.15, 0.2) is 54.6 Å². The molecule has 1 saturated heterocycles. The number of hydrogen-bond acceptors (Lipinski definition) is 3. The molecule has 1 amide bonds. The number of carbonyl (C=O) groups is 1. The van der Waals surface area contributed by atoms with E-state index in [1.807, 2.05) is 16.6 Å². The number of amides is 1. The normalized spacial score (nSPS) is 21.1. The van der Waals surface area contributed by atoms with Crippen LogP contribution in [0.2, 0.25) is 0 Å². The van der Waals surface area contributed by atoms with Crippen LogP contribution >= 0.6 is 0 Å². The highest BCUT2D eigenvalue weighted by Gasteiger charge is 2.39. The SMILES string of the molecule is Cc1nn(C)c(C)c1C1=CC2CCCC(C1)N2C(=O)OCC1c2ccccc2-c2ccccc21. The van der Waals surface area contributed by atoms with E-state index in [1.165, 1.54) is 39.1 Å². The van der Waals surface area contributed by atoms with Gasteiger partial charge < -0.3 is 4.74 Å². The maximum absolute atomic E-state index is 13.4. The number of rotatable bonds is 3. The average Bonchev–Trinajstić information content (AvgIpc) is 3.29. The lowest BCUT2D eigenvalue weighted by atomic mass is 9.82. The van der Waals surface area contributed by atoms with Crippen molar-refractivity contribution >= 4 is 11.7 Å². The number of ether oxygens (including phenoxy) is 1. The maximum atomic E-state index is 13.4. The topological polar surface area (TPSA) is 47.4 Å². The lowest BCUT2D eigenvalue weighted by Crippen LogP contribution is -2.52. The van der Waals surface area contributed by atoms with Gasteiger partial charge in [0.2, 0.25) is 0 Å². The molecule has 0 saturated carbocycles. The number of aromatic nitrogens is 2. The molecule has 2 aliphatic heterocycles. The molecule has 1 aliphatic carbocycles. The summed E-state index contributed by atoms with van der Waals surface area (Å²) < 4.78 is 8.01. The second-order valence-electron chi connectivity index (χ2n) is 9.93. The molecule has 5 heteroatoms. The third-order valence-electron chi connectivity index (χ3n) is 8.01. The highest BCUT2D eigenvalue weighted by molar-refractivity contribution is 5.79. The van der Waals surface area contributed by atoms with Gasteiger partial charge in [-0.2, -0.15) is 5.10 Å². The van der Waals surface area contributed by atoms with Crippen LogP contribution in [-0.4, -0.2) is 39.5 Å². The molecule has 2 unspecified atom stereocenters. The summed E-state index contributed by atoms with van der Waals surface area (Å²) >= 11 is 0. The van der Waals surface area contributed by atoms with E-state index in [0.717, 1.165) is 31.4 Å². The van der Waals surface area contributed by atoms with Gasteiger partial charge in [-0.1, -0.05) is 54.6 Å². The van der Waals surface area contributed by atoms with Gasteiger partial charge in [0.05, 0.1) is 11.7 Å². The molecule has 34 heavy (non-hydrogen) atoms. The van der Waals surface area contributed by atoms with Crippen LogP contribution in [0.4, 0.5) is 4.79 Å². The predicted molar refractivity (Wildman–Crippen MR) is 134 cm³/mol. The standard InChI is InChI=1S/C29H31N3O2/c1-18-28(19(2)31(3)30-18)20-15-21-9-8-10-22(16-20)32(21)29(33)34-17-27-25-13-6-4-11-23(25)24-12-5-7-14-26(24)27/h4-7,11-15,21-22,27H,8-10,16-17H2,1-3H3. The summed E-state index contributed by atoms with van der Waals surface area (Å²) in [5.41, 5.74) is 9.86. The predicted octanol–water partition coefficient (Wildman–Crippen LogP) is 6.00. The van der Waals surface area contributed by atoms with Crippen molar-refractivity contribution in [3.8, 4) is 11.1 Å². The van der Waals surface area contributed by atoms with Crippen LogP contribution in [0.3, 0.4) is 0 Å². The van der Waals surface area contributed by atoms with Crippen molar-refractivity contribution in [2.75, 3.05) is 6.61 Å². The summed E-state index contributed by atoms with van der Waals surface area (Å²) in [6, 6.07) is 17.2. The number of fused-ring (bicyclic) bond motifs is 5. The number of nitrogens with zero attached hydrogens (tertiary/aromatic N) is 3. The van der Waals surface area contributed by atoms with Crippen LogP contribution in [0, 0.1) is 13.8 Å². The maximum Gasteiger partial charge on any atom is 0.410 e. The number of piperidine rings is 1. The van der Waals surface area contributed by atoms with E-state index in [-0.39, 0.29) is 24.1 Å². The Kier molecular flexibility index (Phi) is 5.09. The fourth-order valence-corrected chi connectivity index (χ4v) is 6.41. The van der Waals surface area contributed by atoms with Crippen LogP contribution < -0.4 is 0 Å². The lowest BCUT2D eigenvalue weighted by Gasteiger charge is -2.44. The van der Waals surface area contributed by atoms with Crippen LogP contribution in [-0.2, 0) is 11.8 Å². The van der Waals surface area contributed by atoms with Crippen molar-refractivity contribution in [2.24, 2.45) is 7.05 Å². The summed E-state index contributed by atoms with van der Waals surface area (Å²) in [7, 11) is 2.00. The second kappa shape index (κ2) is 8.15. The Morgan fingerprint density at radius 2 is 1.71 bits per heavy atom. The molecule has 1 aromatic heterocycles. The molecule has 2 bridgehead atoms. The van der Waals surface area contributed by atoms with E-state index >= 15 is 0 Å². The first-order chi connectivity index (χ1) is 16.5. The van der Waals surface area contributed by atoms with Crippen molar-refractivity contribution in [3.63, 3.8) is 0 Å². The van der Waals surface area contributed by atoms with Crippen LogP contribution in [0.5, 0.6) is 0 Å². The van der Waals surface area contributed by atoms with Crippen molar-refractivity contribution in [1.82, 2.24) is 14.7 Å². The monoisotopic (exact) mass is 453 g/mol. The van der Waals surface area contributed by atoms with Gasteiger partial charge in [0.1, 0.15) is 6.61 Å². The molecule has 2 atom stereocenters. The number of carbonyl (C=O) groups excluding carboxylic acids is 1. The summed E-state index contributed by atoms with van der Waals surface area (Å²) in [6.45, 7) is 4.58. The van der Waals surface area contributed by atoms with E-state index in [4.69, 9.17) is 4.74 Å². The fraction of sp³-hybridized carbons (Fsp3) is 0.379. The molecule has 3 aliphatic rings. The Morgan fingerprint density at radius 1 is 1.03 bits per heavy atom. The first-order valence-electron chi connectivity index (χ1n) is 12.4. The van der Waals surface area contributed by atoms with E-state index in [0.29, 0.717) is 6.61 Å². The molecule has 5 nitrogen and oxygen atoms in total. The molecule has 0 radical (unpaired) electrons. The zero-order valence-electron chi connectivity index (χ0n) is 20.1. The Morgan fingerprint density at radius 3 is 2.32 bits per heavy atom. The van der Waals surface area contributed by atoms with Gasteiger partial charge >= 0.3 is 6.09 Å². The fourth-order valence-electron chi connectivity index (χ4n) is 6.41. The third-order valence-corrected chi connectivity index (χ3v) is 8.01. The summed E-state index contributed by atoms with van der Waals surface area (Å²) in [6.07, 6.45) is 6.16. The first kappa shape index (κ1) is 21.2. The van der Waals surface area contributed by atoms with Gasteiger partial charge in [-0.3, -0.25) is 9.58 Å². The lowest BCUT2D eigenvalue weighted by molar-refractivity contribution is 0.0539. The Hall–Kier alpha value is -3.34. The molecule has 1 fully saturated rings. The molecule has 2 aromatic carbocycles. The van der Waals surface area contributed by atoms with Gasteiger partial charge in [0.25, 0.3) is 0 Å². The van der Waals surface area contributed by atoms with E-state index in [2.05, 4.69) is 73.6 Å². The van der Waals surface area contributed by atoms with E-state index in [1.54, 1.807) is 0 Å². The van der Waals surface area contributed by atoms with Crippen molar-refractivity contribution in [2.45, 2.75) is 57.5 Å². The zero-order chi connectivity index (χ0) is 23.4. The Balaban J connectivity index is 1.24. The van der Waals surface area contributed by atoms with Gasteiger partial charge in [0, 0.05) is 30.3 Å². The third kappa shape index (κ3) is 3.29. The molecular weight excluding hydrogens is 422 g/mol. The Bertz CT molecular complexity index is 1260. The van der Waals surface area contributed by atoms with Crippen molar-refractivity contribution in [1.29, 1.82) is 0 Å². The minimum Gasteiger partial charge on any atom is -0.448 e. The minimum atomic E-state index is -0.175.